The Morgan fingerprint density at radius 2 is 1.79 bits per heavy atom. The summed E-state index contributed by atoms with van der Waals surface area (Å²) in [7, 11) is 3.00. The van der Waals surface area contributed by atoms with E-state index in [0.29, 0.717) is 37.7 Å². The number of amides is 1. The third-order valence-electron chi connectivity index (χ3n) is 6.03. The number of ether oxygens (including phenoxy) is 2. The highest BCUT2D eigenvalue weighted by Crippen LogP contribution is 2.45. The van der Waals surface area contributed by atoms with Crippen LogP contribution in [0.25, 0.3) is 5.76 Å². The van der Waals surface area contributed by atoms with Crippen LogP contribution in [-0.4, -0.2) is 46.2 Å². The number of hydrogen-bond acceptors (Lipinski definition) is 10. The summed E-state index contributed by atoms with van der Waals surface area (Å²) in [6.07, 6.45) is 2.98. The zero-order valence-electron chi connectivity index (χ0n) is 20.7. The highest BCUT2D eigenvalue weighted by Gasteiger charge is 2.48. The van der Waals surface area contributed by atoms with E-state index in [1.165, 1.54) is 54.6 Å². The fourth-order valence-corrected chi connectivity index (χ4v) is 6.30. The number of hydrogen-bond donors (Lipinski definition) is 1. The minimum Gasteiger partial charge on any atom is -0.507 e. The molecule has 1 atom stereocenters. The molecule has 1 amide bonds. The van der Waals surface area contributed by atoms with Gasteiger partial charge in [0.05, 0.1) is 25.8 Å². The van der Waals surface area contributed by atoms with Crippen LogP contribution in [0.2, 0.25) is 5.02 Å². The van der Waals surface area contributed by atoms with E-state index in [4.69, 9.17) is 21.1 Å². The Hall–Kier alpha value is -3.93. The lowest BCUT2D eigenvalue weighted by Crippen LogP contribution is -2.29. The van der Waals surface area contributed by atoms with Crippen molar-refractivity contribution in [3.05, 3.63) is 94.3 Å². The average molecular weight is 581 g/mol. The molecule has 0 bridgehead atoms. The van der Waals surface area contributed by atoms with E-state index in [-0.39, 0.29) is 16.5 Å². The van der Waals surface area contributed by atoms with E-state index >= 15 is 0 Å². The van der Waals surface area contributed by atoms with E-state index in [0.717, 1.165) is 5.56 Å². The molecule has 0 radical (unpaired) electrons. The number of nitrogens with zero attached hydrogens (tertiary/aromatic N) is 4. The van der Waals surface area contributed by atoms with Crippen LogP contribution in [-0.2, 0) is 15.3 Å². The number of aliphatic hydroxyl groups is 1. The number of anilines is 1. The summed E-state index contributed by atoms with van der Waals surface area (Å²) in [6, 6.07) is 14.7. The number of aliphatic hydroxyl groups excluding tert-OH is 1. The SMILES string of the molecule is COc1ccc(C2C(=C(O)c3ccncc3)C(=O)C(=O)N2c2nnc(SCc3ccccc3Cl)s2)cc1OC. The topological polar surface area (TPSA) is 115 Å². The van der Waals surface area contributed by atoms with Gasteiger partial charge in [0.1, 0.15) is 5.76 Å². The molecule has 0 saturated carbocycles. The van der Waals surface area contributed by atoms with Gasteiger partial charge in [-0.3, -0.25) is 19.5 Å². The van der Waals surface area contributed by atoms with Crippen LogP contribution in [0.4, 0.5) is 5.13 Å². The van der Waals surface area contributed by atoms with Crippen molar-refractivity contribution in [1.82, 2.24) is 15.2 Å². The second-order valence-corrected chi connectivity index (χ2v) is 10.8. The summed E-state index contributed by atoms with van der Waals surface area (Å²) in [5.41, 5.74) is 1.72. The lowest BCUT2D eigenvalue weighted by atomic mass is 9.95. The Labute approximate surface area is 237 Å². The highest BCUT2D eigenvalue weighted by atomic mass is 35.5. The van der Waals surface area contributed by atoms with E-state index in [1.807, 2.05) is 24.3 Å². The Bertz CT molecular complexity index is 1580. The second-order valence-electron chi connectivity index (χ2n) is 8.25. The molecule has 5 rings (SSSR count). The van der Waals surface area contributed by atoms with Gasteiger partial charge in [-0.1, -0.05) is 59.0 Å². The number of rotatable bonds is 8. The lowest BCUT2D eigenvalue weighted by Gasteiger charge is -2.23. The van der Waals surface area contributed by atoms with Crippen LogP contribution in [0.5, 0.6) is 11.5 Å². The molecule has 1 fully saturated rings. The number of halogens is 1. The number of carbonyl (C=O) groups is 2. The van der Waals surface area contributed by atoms with Gasteiger partial charge in [0.25, 0.3) is 5.78 Å². The standard InChI is InChI=1S/C27H21ClN4O5S2/c1-36-19-8-7-16(13-20(19)37-2)22-21(23(33)15-9-11-29-12-10-15)24(34)25(35)32(22)26-30-31-27(39-26)38-14-17-5-3-4-6-18(17)28/h3-13,22,33H,14H2,1-2H3. The summed E-state index contributed by atoms with van der Waals surface area (Å²) < 4.78 is 11.4. The van der Waals surface area contributed by atoms with Crippen LogP contribution in [0.15, 0.2) is 76.9 Å². The molecule has 0 aliphatic carbocycles. The quantitative estimate of drug-likeness (QED) is 0.0945. The summed E-state index contributed by atoms with van der Waals surface area (Å²) in [4.78, 5) is 32.0. The molecular formula is C27H21ClN4O5S2. The number of methoxy groups -OCH3 is 2. The maximum Gasteiger partial charge on any atom is 0.301 e. The Balaban J connectivity index is 1.58. The van der Waals surface area contributed by atoms with Crippen molar-refractivity contribution in [3.63, 3.8) is 0 Å². The van der Waals surface area contributed by atoms with Crippen molar-refractivity contribution in [3.8, 4) is 11.5 Å². The van der Waals surface area contributed by atoms with Gasteiger partial charge in [-0.05, 0) is 41.5 Å². The molecule has 1 aliphatic heterocycles. The van der Waals surface area contributed by atoms with Gasteiger partial charge >= 0.3 is 5.91 Å². The van der Waals surface area contributed by atoms with Crippen molar-refractivity contribution in [1.29, 1.82) is 0 Å². The average Bonchev–Trinajstić information content (AvgIpc) is 3.54. The predicted molar refractivity (Wildman–Crippen MR) is 149 cm³/mol. The number of pyridine rings is 1. The molecule has 1 unspecified atom stereocenters. The number of thioether (sulfide) groups is 1. The minimum atomic E-state index is -0.993. The first-order valence-electron chi connectivity index (χ1n) is 11.6. The summed E-state index contributed by atoms with van der Waals surface area (Å²) in [5.74, 6) is -0.572. The molecule has 1 N–H and O–H groups in total. The monoisotopic (exact) mass is 580 g/mol. The summed E-state index contributed by atoms with van der Waals surface area (Å²) in [5, 5.41) is 20.5. The molecule has 1 aliphatic rings. The largest absolute Gasteiger partial charge is 0.507 e. The predicted octanol–water partition coefficient (Wildman–Crippen LogP) is 5.52. The van der Waals surface area contributed by atoms with Crippen molar-refractivity contribution >= 4 is 57.3 Å². The first-order valence-corrected chi connectivity index (χ1v) is 13.7. The van der Waals surface area contributed by atoms with Crippen LogP contribution in [0.1, 0.15) is 22.7 Å². The van der Waals surface area contributed by atoms with Gasteiger partial charge in [0, 0.05) is 28.7 Å². The molecule has 39 heavy (non-hydrogen) atoms. The molecule has 198 valence electrons. The number of benzene rings is 2. The maximum atomic E-state index is 13.4. The first-order chi connectivity index (χ1) is 18.9. The summed E-state index contributed by atoms with van der Waals surface area (Å²) in [6.45, 7) is 0. The van der Waals surface area contributed by atoms with Gasteiger partial charge in [0.15, 0.2) is 15.8 Å². The smallest absolute Gasteiger partial charge is 0.301 e. The van der Waals surface area contributed by atoms with Crippen LogP contribution in [0, 0.1) is 0 Å². The van der Waals surface area contributed by atoms with Crippen LogP contribution < -0.4 is 14.4 Å². The molecule has 3 heterocycles. The normalized spacial score (nSPS) is 16.5. The third kappa shape index (κ3) is 5.20. The van der Waals surface area contributed by atoms with E-state index in [1.54, 1.807) is 30.3 Å². The molecule has 0 spiro atoms. The number of ketones is 1. The zero-order chi connectivity index (χ0) is 27.5. The lowest BCUT2D eigenvalue weighted by molar-refractivity contribution is -0.132. The Morgan fingerprint density at radius 1 is 1.05 bits per heavy atom. The molecule has 12 heteroatoms. The van der Waals surface area contributed by atoms with Crippen molar-refractivity contribution < 1.29 is 24.2 Å². The van der Waals surface area contributed by atoms with Crippen LogP contribution >= 0.6 is 34.7 Å². The Morgan fingerprint density at radius 3 is 2.51 bits per heavy atom. The molecule has 2 aromatic heterocycles. The third-order valence-corrected chi connectivity index (χ3v) is 8.51. The fraction of sp³-hybridized carbons (Fsp3) is 0.148. The van der Waals surface area contributed by atoms with Crippen molar-refractivity contribution in [2.75, 3.05) is 19.1 Å². The summed E-state index contributed by atoms with van der Waals surface area (Å²) >= 11 is 8.86. The van der Waals surface area contributed by atoms with Gasteiger partial charge in [-0.2, -0.15) is 0 Å². The zero-order valence-corrected chi connectivity index (χ0v) is 23.1. The first kappa shape index (κ1) is 26.7. The molecule has 2 aromatic carbocycles. The van der Waals surface area contributed by atoms with Gasteiger partial charge < -0.3 is 14.6 Å². The van der Waals surface area contributed by atoms with E-state index in [2.05, 4.69) is 15.2 Å². The second kappa shape index (κ2) is 11.4. The van der Waals surface area contributed by atoms with Gasteiger partial charge in [-0.15, -0.1) is 10.2 Å². The van der Waals surface area contributed by atoms with Crippen LogP contribution in [0.3, 0.4) is 0 Å². The van der Waals surface area contributed by atoms with Gasteiger partial charge in [-0.25, -0.2) is 0 Å². The minimum absolute atomic E-state index is 0.0844. The molecule has 1 saturated heterocycles. The maximum absolute atomic E-state index is 13.4. The highest BCUT2D eigenvalue weighted by molar-refractivity contribution is 8.00. The molecular weight excluding hydrogens is 560 g/mol. The fourth-order valence-electron chi connectivity index (χ4n) is 4.15. The Kier molecular flexibility index (Phi) is 7.82. The van der Waals surface area contributed by atoms with Crippen molar-refractivity contribution in [2.45, 2.75) is 16.1 Å². The van der Waals surface area contributed by atoms with E-state index in [9.17, 15) is 14.7 Å². The van der Waals surface area contributed by atoms with Crippen molar-refractivity contribution in [2.24, 2.45) is 0 Å². The molecule has 4 aromatic rings. The van der Waals surface area contributed by atoms with E-state index < -0.39 is 17.7 Å². The molecule has 9 nitrogen and oxygen atoms in total. The number of Topliss-reactive ketones (excluding diaryl/α,β-unsaturated/α-hetero) is 1. The number of aromatic nitrogens is 3. The number of carbonyl (C=O) groups excluding carboxylic acids is 2. The van der Waals surface area contributed by atoms with Gasteiger partial charge in [0.2, 0.25) is 5.13 Å².